The van der Waals surface area contributed by atoms with Crippen molar-refractivity contribution in [1.82, 2.24) is 4.98 Å². The number of benzene rings is 2. The van der Waals surface area contributed by atoms with Gasteiger partial charge in [0.05, 0.1) is 5.41 Å². The zero-order valence-electron chi connectivity index (χ0n) is 14.2. The Kier molecular flexibility index (Phi) is 3.76. The molecular formula is C20H18FN3O2. The van der Waals surface area contributed by atoms with Gasteiger partial charge in [0.25, 0.3) is 0 Å². The summed E-state index contributed by atoms with van der Waals surface area (Å²) in [7, 11) is 0. The quantitative estimate of drug-likeness (QED) is 0.666. The lowest BCUT2D eigenvalue weighted by Crippen LogP contribution is -2.27. The summed E-state index contributed by atoms with van der Waals surface area (Å²) in [6.45, 7) is 1.44. The Hall–Kier alpha value is -3.15. The van der Waals surface area contributed by atoms with E-state index in [0.717, 1.165) is 23.8 Å². The van der Waals surface area contributed by atoms with Gasteiger partial charge in [-0.1, -0.05) is 0 Å². The number of hydrogen-bond acceptors (Lipinski definition) is 2. The second-order valence-corrected chi connectivity index (χ2v) is 6.69. The highest BCUT2D eigenvalue weighted by Gasteiger charge is 2.52. The van der Waals surface area contributed by atoms with Crippen LogP contribution in [0.2, 0.25) is 0 Å². The van der Waals surface area contributed by atoms with Gasteiger partial charge in [0.15, 0.2) is 0 Å². The van der Waals surface area contributed by atoms with Crippen LogP contribution in [0.3, 0.4) is 0 Å². The highest BCUT2D eigenvalue weighted by atomic mass is 19.1. The third-order valence-corrected chi connectivity index (χ3v) is 4.81. The minimum Gasteiger partial charge on any atom is -0.361 e. The molecule has 26 heavy (non-hydrogen) atoms. The monoisotopic (exact) mass is 351 g/mol. The maximum Gasteiger partial charge on any atom is 0.235 e. The molecule has 1 aliphatic carbocycles. The molecule has 1 saturated carbocycles. The molecule has 2 aromatic carbocycles. The second-order valence-electron chi connectivity index (χ2n) is 6.69. The first-order valence-corrected chi connectivity index (χ1v) is 8.44. The van der Waals surface area contributed by atoms with E-state index < -0.39 is 5.41 Å². The number of anilines is 2. The van der Waals surface area contributed by atoms with Crippen molar-refractivity contribution < 1.29 is 14.0 Å². The molecule has 0 saturated heterocycles. The van der Waals surface area contributed by atoms with Gasteiger partial charge in [-0.3, -0.25) is 9.59 Å². The molecule has 0 unspecified atom stereocenters. The van der Waals surface area contributed by atoms with Crippen LogP contribution in [0.1, 0.15) is 25.3 Å². The van der Waals surface area contributed by atoms with E-state index in [1.165, 1.54) is 19.1 Å². The van der Waals surface area contributed by atoms with Crippen molar-refractivity contribution in [3.05, 3.63) is 60.0 Å². The first-order valence-electron chi connectivity index (χ1n) is 8.44. The van der Waals surface area contributed by atoms with Crippen molar-refractivity contribution in [2.45, 2.75) is 25.2 Å². The summed E-state index contributed by atoms with van der Waals surface area (Å²) in [5, 5.41) is 6.51. The maximum absolute atomic E-state index is 13.4. The first-order chi connectivity index (χ1) is 12.5. The number of rotatable bonds is 4. The molecule has 0 radical (unpaired) electrons. The Labute approximate surface area is 149 Å². The normalized spacial score (nSPS) is 14.8. The smallest absolute Gasteiger partial charge is 0.235 e. The topological polar surface area (TPSA) is 74.0 Å². The molecule has 1 aromatic heterocycles. The van der Waals surface area contributed by atoms with E-state index in [0.29, 0.717) is 16.9 Å². The standard InChI is InChI=1S/C20H18FN3O2/c1-12(25)23-14-3-5-15(6-4-14)24-19(26)20(8-9-20)17-11-22-18-10-13(21)2-7-16(17)18/h2-7,10-11,22H,8-9H2,1H3,(H,23,25)(H,24,26). The summed E-state index contributed by atoms with van der Waals surface area (Å²) in [6, 6.07) is 11.6. The Morgan fingerprint density at radius 2 is 1.69 bits per heavy atom. The van der Waals surface area contributed by atoms with Crippen molar-refractivity contribution in [3.63, 3.8) is 0 Å². The van der Waals surface area contributed by atoms with E-state index >= 15 is 0 Å². The maximum atomic E-state index is 13.4. The Morgan fingerprint density at radius 3 is 2.31 bits per heavy atom. The fourth-order valence-electron chi connectivity index (χ4n) is 3.33. The fraction of sp³-hybridized carbons (Fsp3) is 0.200. The Bertz CT molecular complexity index is 1000. The molecule has 5 nitrogen and oxygen atoms in total. The van der Waals surface area contributed by atoms with Crippen LogP contribution in [0.15, 0.2) is 48.7 Å². The Morgan fingerprint density at radius 1 is 1.04 bits per heavy atom. The zero-order chi connectivity index (χ0) is 18.3. The molecule has 0 aliphatic heterocycles. The average Bonchev–Trinajstić information content (AvgIpc) is 3.30. The van der Waals surface area contributed by atoms with Crippen molar-refractivity contribution in [2.24, 2.45) is 0 Å². The molecule has 6 heteroatoms. The molecule has 1 fully saturated rings. The number of aromatic nitrogens is 1. The van der Waals surface area contributed by atoms with Crippen LogP contribution < -0.4 is 10.6 Å². The number of carbonyl (C=O) groups excluding carboxylic acids is 2. The van der Waals surface area contributed by atoms with Crippen molar-refractivity contribution in [2.75, 3.05) is 10.6 Å². The molecule has 3 N–H and O–H groups in total. The number of hydrogen-bond donors (Lipinski definition) is 3. The molecule has 1 aliphatic rings. The van der Waals surface area contributed by atoms with Gasteiger partial charge in [-0.2, -0.15) is 0 Å². The highest BCUT2D eigenvalue weighted by molar-refractivity contribution is 6.04. The minimum absolute atomic E-state index is 0.0741. The zero-order valence-corrected chi connectivity index (χ0v) is 14.2. The summed E-state index contributed by atoms with van der Waals surface area (Å²) >= 11 is 0. The van der Waals surface area contributed by atoms with Gasteiger partial charge in [-0.05, 0) is 60.9 Å². The fourth-order valence-corrected chi connectivity index (χ4v) is 3.33. The van der Waals surface area contributed by atoms with E-state index in [4.69, 9.17) is 0 Å². The summed E-state index contributed by atoms with van der Waals surface area (Å²) < 4.78 is 13.4. The van der Waals surface area contributed by atoms with Gasteiger partial charge < -0.3 is 15.6 Å². The molecule has 2 amide bonds. The lowest BCUT2D eigenvalue weighted by atomic mass is 9.94. The van der Waals surface area contributed by atoms with E-state index in [2.05, 4.69) is 15.6 Å². The van der Waals surface area contributed by atoms with Gasteiger partial charge in [0.2, 0.25) is 11.8 Å². The third kappa shape index (κ3) is 2.83. The molecule has 0 atom stereocenters. The van der Waals surface area contributed by atoms with Crippen LogP contribution in [0.4, 0.5) is 15.8 Å². The number of carbonyl (C=O) groups is 2. The summed E-state index contributed by atoms with van der Waals surface area (Å²) in [6.07, 6.45) is 3.32. The number of H-pyrrole nitrogens is 1. The van der Waals surface area contributed by atoms with E-state index in [9.17, 15) is 14.0 Å². The predicted molar refractivity (Wildman–Crippen MR) is 98.5 cm³/mol. The molecule has 132 valence electrons. The van der Waals surface area contributed by atoms with Gasteiger partial charge >= 0.3 is 0 Å². The number of amides is 2. The SMILES string of the molecule is CC(=O)Nc1ccc(NC(=O)C2(c3c[nH]c4cc(F)ccc34)CC2)cc1. The number of fused-ring (bicyclic) bond motifs is 1. The summed E-state index contributed by atoms with van der Waals surface area (Å²) in [4.78, 5) is 27.0. The first kappa shape index (κ1) is 16.3. The van der Waals surface area contributed by atoms with Crippen molar-refractivity contribution >= 4 is 34.1 Å². The van der Waals surface area contributed by atoms with Gasteiger partial charge in [0.1, 0.15) is 5.82 Å². The minimum atomic E-state index is -0.577. The number of nitrogens with one attached hydrogen (secondary N) is 3. The van der Waals surface area contributed by atoms with Crippen LogP contribution in [0.5, 0.6) is 0 Å². The molecule has 3 aromatic rings. The van der Waals surface area contributed by atoms with Gasteiger partial charge in [0, 0.05) is 35.4 Å². The Balaban J connectivity index is 1.56. The third-order valence-electron chi connectivity index (χ3n) is 4.81. The summed E-state index contributed by atoms with van der Waals surface area (Å²) in [5.41, 5.74) is 2.36. The van der Waals surface area contributed by atoms with Crippen molar-refractivity contribution in [3.8, 4) is 0 Å². The molecule has 0 bridgehead atoms. The van der Waals surface area contributed by atoms with E-state index in [-0.39, 0.29) is 17.6 Å². The highest BCUT2D eigenvalue weighted by Crippen LogP contribution is 2.51. The van der Waals surface area contributed by atoms with E-state index in [1.54, 1.807) is 36.5 Å². The average molecular weight is 351 g/mol. The van der Waals surface area contributed by atoms with Gasteiger partial charge in [-0.25, -0.2) is 4.39 Å². The molecular weight excluding hydrogens is 333 g/mol. The van der Waals surface area contributed by atoms with Crippen LogP contribution in [-0.2, 0) is 15.0 Å². The molecule has 4 rings (SSSR count). The van der Waals surface area contributed by atoms with E-state index in [1.807, 2.05) is 0 Å². The number of halogens is 1. The van der Waals surface area contributed by atoms with Crippen LogP contribution in [0, 0.1) is 5.82 Å². The van der Waals surface area contributed by atoms with Crippen LogP contribution >= 0.6 is 0 Å². The number of aromatic amines is 1. The van der Waals surface area contributed by atoms with Gasteiger partial charge in [-0.15, -0.1) is 0 Å². The van der Waals surface area contributed by atoms with Crippen molar-refractivity contribution in [1.29, 1.82) is 0 Å². The summed E-state index contributed by atoms with van der Waals surface area (Å²) in [5.74, 6) is -0.524. The molecule has 0 spiro atoms. The van der Waals surface area contributed by atoms with Crippen LogP contribution in [0.25, 0.3) is 10.9 Å². The second kappa shape index (κ2) is 5.98. The largest absolute Gasteiger partial charge is 0.361 e. The lowest BCUT2D eigenvalue weighted by Gasteiger charge is -2.15. The predicted octanol–water partition coefficient (Wildman–Crippen LogP) is 3.94. The lowest BCUT2D eigenvalue weighted by molar-refractivity contribution is -0.118. The molecule has 1 heterocycles. The van der Waals surface area contributed by atoms with Crippen LogP contribution in [-0.4, -0.2) is 16.8 Å².